The molecule has 8 heteroatoms. The van der Waals surface area contributed by atoms with Crippen molar-refractivity contribution in [3.8, 4) is 5.75 Å². The van der Waals surface area contributed by atoms with Crippen LogP contribution >= 0.6 is 31.9 Å². The van der Waals surface area contributed by atoms with Gasteiger partial charge in [-0.25, -0.2) is 0 Å². The molecular formula is C14H10Br2N2O4. The number of oxime groups is 1. The third-order valence-corrected chi connectivity index (χ3v) is 3.79. The molecule has 0 bridgehead atoms. The van der Waals surface area contributed by atoms with Crippen molar-refractivity contribution in [3.63, 3.8) is 0 Å². The molecule has 2 rings (SSSR count). The summed E-state index contributed by atoms with van der Waals surface area (Å²) < 4.78 is 4.38. The predicted molar refractivity (Wildman–Crippen MR) is 89.1 cm³/mol. The van der Waals surface area contributed by atoms with Crippen LogP contribution in [-0.2, 0) is 0 Å². The minimum absolute atomic E-state index is 0.0406. The molecule has 0 atom stereocenters. The van der Waals surface area contributed by atoms with Gasteiger partial charge in [-0.05, 0) is 44.0 Å². The van der Waals surface area contributed by atoms with Gasteiger partial charge in [0.05, 0.1) is 4.92 Å². The molecule has 114 valence electrons. The number of rotatable bonds is 5. The van der Waals surface area contributed by atoms with E-state index in [1.54, 1.807) is 24.3 Å². The second kappa shape index (κ2) is 6.89. The van der Waals surface area contributed by atoms with Crippen molar-refractivity contribution in [2.75, 3.05) is 0 Å². The predicted octanol–water partition coefficient (Wildman–Crippen LogP) is 4.30. The van der Waals surface area contributed by atoms with E-state index in [9.17, 15) is 15.3 Å². The van der Waals surface area contributed by atoms with Crippen LogP contribution < -0.4 is 4.74 Å². The number of nitro benzene ring substituents is 1. The third kappa shape index (κ3) is 3.83. The average Bonchev–Trinajstić information content (AvgIpc) is 2.49. The number of halogens is 2. The topological polar surface area (TPSA) is 85.0 Å². The van der Waals surface area contributed by atoms with Crippen LogP contribution in [0.1, 0.15) is 5.56 Å². The van der Waals surface area contributed by atoms with E-state index >= 15 is 0 Å². The summed E-state index contributed by atoms with van der Waals surface area (Å²) in [6, 6.07) is 14.5. The molecule has 2 aromatic carbocycles. The Hall–Kier alpha value is -1.93. The number of hydrogen-bond donors (Lipinski definition) is 1. The highest BCUT2D eigenvalue weighted by Gasteiger charge is 2.34. The minimum atomic E-state index is -1.29. The molecule has 22 heavy (non-hydrogen) atoms. The van der Waals surface area contributed by atoms with Crippen LogP contribution in [0.25, 0.3) is 0 Å². The van der Waals surface area contributed by atoms with E-state index in [1.165, 1.54) is 24.3 Å². The van der Waals surface area contributed by atoms with E-state index in [2.05, 4.69) is 37.0 Å². The van der Waals surface area contributed by atoms with Crippen molar-refractivity contribution in [2.24, 2.45) is 5.16 Å². The average molecular weight is 430 g/mol. The summed E-state index contributed by atoms with van der Waals surface area (Å²) in [7, 11) is 0. The minimum Gasteiger partial charge on any atom is -0.460 e. The third-order valence-electron chi connectivity index (χ3n) is 2.72. The molecule has 0 radical (unpaired) electrons. The molecule has 0 spiro atoms. The zero-order valence-corrected chi connectivity index (χ0v) is 14.2. The summed E-state index contributed by atoms with van der Waals surface area (Å²) in [5.41, 5.74) is 0.799. The molecule has 1 N–H and O–H groups in total. The molecule has 0 unspecified atom stereocenters. The van der Waals surface area contributed by atoms with E-state index in [-0.39, 0.29) is 11.4 Å². The lowest BCUT2D eigenvalue weighted by molar-refractivity contribution is -0.384. The second-order valence-electron chi connectivity index (χ2n) is 4.18. The highest BCUT2D eigenvalue weighted by molar-refractivity contribution is 9.25. The fraction of sp³-hybridized carbons (Fsp3) is 0.0714. The molecule has 0 aliphatic carbocycles. The molecule has 0 saturated heterocycles. The highest BCUT2D eigenvalue weighted by atomic mass is 79.9. The quantitative estimate of drug-likeness (QED) is 0.252. The zero-order valence-electron chi connectivity index (χ0n) is 11.0. The molecule has 6 nitrogen and oxygen atoms in total. The van der Waals surface area contributed by atoms with Gasteiger partial charge in [0.15, 0.2) is 5.71 Å². The summed E-state index contributed by atoms with van der Waals surface area (Å²) in [5, 5.41) is 23.2. The summed E-state index contributed by atoms with van der Waals surface area (Å²) in [4.78, 5) is 10.1. The van der Waals surface area contributed by atoms with E-state index < -0.39 is 8.34 Å². The van der Waals surface area contributed by atoms with Crippen molar-refractivity contribution >= 4 is 43.3 Å². The number of nitro groups is 1. The van der Waals surface area contributed by atoms with Gasteiger partial charge in [0, 0.05) is 17.7 Å². The second-order valence-corrected chi connectivity index (χ2v) is 7.48. The maximum Gasteiger partial charge on any atom is 0.269 e. The summed E-state index contributed by atoms with van der Waals surface area (Å²) in [6.45, 7) is 0. The molecule has 0 amide bonds. The van der Waals surface area contributed by atoms with E-state index in [1.807, 2.05) is 6.07 Å². The molecule has 0 aromatic heterocycles. The van der Waals surface area contributed by atoms with Gasteiger partial charge in [-0.1, -0.05) is 35.5 Å². The van der Waals surface area contributed by atoms with Crippen LogP contribution in [0.5, 0.6) is 5.75 Å². The van der Waals surface area contributed by atoms with Crippen molar-refractivity contribution in [1.82, 2.24) is 0 Å². The number of alkyl halides is 2. The first-order valence-electron chi connectivity index (χ1n) is 6.03. The Labute approximate surface area is 142 Å². The monoisotopic (exact) mass is 428 g/mol. The van der Waals surface area contributed by atoms with Gasteiger partial charge in [0.25, 0.3) is 9.11 Å². The number of non-ortho nitro benzene ring substituents is 1. The van der Waals surface area contributed by atoms with Crippen LogP contribution in [0.3, 0.4) is 0 Å². The molecule has 2 aromatic rings. The summed E-state index contributed by atoms with van der Waals surface area (Å²) in [6.07, 6.45) is 0. The lowest BCUT2D eigenvalue weighted by atomic mass is 10.1. The normalized spacial score (nSPS) is 12.0. The SMILES string of the molecule is O=[N+]([O-])c1ccc(OC(Br)(Br)/C(=N\O)c2ccccc2)cc1. The number of hydrogen-bond acceptors (Lipinski definition) is 5. The van der Waals surface area contributed by atoms with Gasteiger partial charge in [0.2, 0.25) is 0 Å². The fourth-order valence-corrected chi connectivity index (χ4v) is 2.70. The van der Waals surface area contributed by atoms with Crippen LogP contribution in [0.2, 0.25) is 0 Å². The first kappa shape index (κ1) is 16.4. The zero-order chi connectivity index (χ0) is 16.2. The standard InChI is InChI=1S/C14H10Br2N2O4/c15-14(16,13(17-19)10-4-2-1-3-5-10)22-12-8-6-11(7-9-12)18(20)21/h1-9,19H/b17-13-. The summed E-state index contributed by atoms with van der Waals surface area (Å²) >= 11 is 6.60. The smallest absolute Gasteiger partial charge is 0.269 e. The Morgan fingerprint density at radius 3 is 2.23 bits per heavy atom. The maximum atomic E-state index is 10.6. The van der Waals surface area contributed by atoms with Crippen molar-refractivity contribution < 1.29 is 14.9 Å². The van der Waals surface area contributed by atoms with Gasteiger partial charge >= 0.3 is 0 Å². The Kier molecular flexibility index (Phi) is 5.15. The van der Waals surface area contributed by atoms with E-state index in [4.69, 9.17) is 4.74 Å². The molecule has 0 saturated carbocycles. The summed E-state index contributed by atoms with van der Waals surface area (Å²) in [5.74, 6) is 0.358. The number of nitrogens with zero attached hydrogens (tertiary/aromatic N) is 2. The first-order chi connectivity index (χ1) is 10.4. The number of ether oxygens (including phenoxy) is 1. The van der Waals surface area contributed by atoms with E-state index in [0.29, 0.717) is 11.3 Å². The van der Waals surface area contributed by atoms with Gasteiger partial charge in [0.1, 0.15) is 5.75 Å². The van der Waals surface area contributed by atoms with Gasteiger partial charge in [-0.2, -0.15) is 0 Å². The highest BCUT2D eigenvalue weighted by Crippen LogP contribution is 2.34. The van der Waals surface area contributed by atoms with Crippen LogP contribution in [0, 0.1) is 10.1 Å². The van der Waals surface area contributed by atoms with Crippen molar-refractivity contribution in [3.05, 3.63) is 70.3 Å². The molecule has 0 fully saturated rings. The largest absolute Gasteiger partial charge is 0.460 e. The van der Waals surface area contributed by atoms with E-state index in [0.717, 1.165) is 0 Å². The fourth-order valence-electron chi connectivity index (χ4n) is 1.71. The number of benzene rings is 2. The van der Waals surface area contributed by atoms with Crippen LogP contribution in [0.4, 0.5) is 5.69 Å². The van der Waals surface area contributed by atoms with Gasteiger partial charge in [-0.15, -0.1) is 0 Å². The Morgan fingerprint density at radius 1 is 1.14 bits per heavy atom. The molecule has 0 aliphatic rings. The van der Waals surface area contributed by atoms with Crippen LogP contribution in [0.15, 0.2) is 59.8 Å². The van der Waals surface area contributed by atoms with Crippen molar-refractivity contribution in [1.29, 1.82) is 0 Å². The van der Waals surface area contributed by atoms with Gasteiger partial charge in [-0.3, -0.25) is 10.1 Å². The maximum absolute atomic E-state index is 10.6. The Bertz CT molecular complexity index is 688. The van der Waals surface area contributed by atoms with Crippen molar-refractivity contribution in [2.45, 2.75) is 3.42 Å². The Balaban J connectivity index is 2.24. The Morgan fingerprint density at radius 2 is 1.73 bits per heavy atom. The molecule has 0 heterocycles. The van der Waals surface area contributed by atoms with Crippen LogP contribution in [-0.4, -0.2) is 19.3 Å². The first-order valence-corrected chi connectivity index (χ1v) is 7.62. The lowest BCUT2D eigenvalue weighted by Crippen LogP contribution is -2.32. The molecular weight excluding hydrogens is 420 g/mol. The lowest BCUT2D eigenvalue weighted by Gasteiger charge is -2.23. The van der Waals surface area contributed by atoms with Gasteiger partial charge < -0.3 is 9.94 Å². The molecule has 0 aliphatic heterocycles.